The average Bonchev–Trinajstić information content (AvgIpc) is 2.77. The number of alkyl halides is 3. The van der Waals surface area contributed by atoms with Gasteiger partial charge in [0.2, 0.25) is 0 Å². The van der Waals surface area contributed by atoms with Crippen LogP contribution in [0.5, 0.6) is 0 Å². The monoisotopic (exact) mass is 493 g/mol. The zero-order valence-corrected chi connectivity index (χ0v) is 18.4. The summed E-state index contributed by atoms with van der Waals surface area (Å²) in [6.45, 7) is -0.741. The summed E-state index contributed by atoms with van der Waals surface area (Å²) in [7, 11) is -3.61. The molecular formula is C22H18F3N3O5S. The molecule has 0 spiro atoms. The molecule has 0 saturated carbocycles. The number of hydrogen-bond donors (Lipinski definition) is 2. The number of aromatic nitrogens is 1. The van der Waals surface area contributed by atoms with Gasteiger partial charge in [0.1, 0.15) is 11.4 Å². The Hall–Kier alpha value is -3.93. The highest BCUT2D eigenvalue weighted by Crippen LogP contribution is 2.31. The molecule has 0 fully saturated rings. The second-order valence-corrected chi connectivity index (χ2v) is 8.98. The molecule has 0 aliphatic rings. The fourth-order valence-corrected chi connectivity index (χ4v) is 3.71. The molecule has 1 amide bonds. The predicted octanol–water partition coefficient (Wildman–Crippen LogP) is 4.04. The number of nitrogens with zero attached hydrogens (tertiary/aromatic N) is 1. The number of benzene rings is 2. The lowest BCUT2D eigenvalue weighted by Crippen LogP contribution is -2.22. The molecule has 0 atom stereocenters. The van der Waals surface area contributed by atoms with Gasteiger partial charge in [-0.25, -0.2) is 18.2 Å². The first-order valence-corrected chi connectivity index (χ1v) is 11.5. The molecule has 8 nitrogen and oxygen atoms in total. The first-order chi connectivity index (χ1) is 15.9. The molecule has 34 heavy (non-hydrogen) atoms. The van der Waals surface area contributed by atoms with Crippen molar-refractivity contribution in [2.45, 2.75) is 11.1 Å². The Morgan fingerprint density at radius 2 is 1.76 bits per heavy atom. The van der Waals surface area contributed by atoms with Crippen molar-refractivity contribution in [1.82, 2.24) is 4.98 Å². The largest absolute Gasteiger partial charge is 0.452 e. The Morgan fingerprint density at radius 3 is 2.47 bits per heavy atom. The highest BCUT2D eigenvalue weighted by molar-refractivity contribution is 7.90. The van der Waals surface area contributed by atoms with Gasteiger partial charge in [-0.05, 0) is 42.5 Å². The van der Waals surface area contributed by atoms with Gasteiger partial charge < -0.3 is 15.4 Å². The van der Waals surface area contributed by atoms with Crippen molar-refractivity contribution in [1.29, 1.82) is 0 Å². The summed E-state index contributed by atoms with van der Waals surface area (Å²) in [5.41, 5.74) is -0.940. The summed E-state index contributed by atoms with van der Waals surface area (Å²) in [6.07, 6.45) is -2.24. The lowest BCUT2D eigenvalue weighted by molar-refractivity contribution is -0.137. The molecule has 2 aromatic carbocycles. The molecule has 178 valence electrons. The van der Waals surface area contributed by atoms with Crippen LogP contribution in [0.15, 0.2) is 71.8 Å². The molecular weight excluding hydrogens is 475 g/mol. The molecule has 0 unspecified atom stereocenters. The number of amides is 1. The maximum Gasteiger partial charge on any atom is 0.416 e. The van der Waals surface area contributed by atoms with Crippen LogP contribution in [0, 0.1) is 0 Å². The molecule has 2 N–H and O–H groups in total. The quantitative estimate of drug-likeness (QED) is 0.478. The standard InChI is InChI=1S/C22H18F3N3O5S/c1-34(31,32)18-10-3-2-9-17(18)28-19(29)13-33-21(30)16-8-5-11-26-20(16)27-15-7-4-6-14(12-15)22(23,24)25/h2-12H,13H2,1H3,(H,26,27)(H,28,29). The van der Waals surface area contributed by atoms with Gasteiger partial charge in [-0.2, -0.15) is 13.2 Å². The van der Waals surface area contributed by atoms with E-state index in [-0.39, 0.29) is 27.7 Å². The highest BCUT2D eigenvalue weighted by Gasteiger charge is 2.30. The number of esters is 1. The van der Waals surface area contributed by atoms with Crippen LogP contribution in [0.1, 0.15) is 15.9 Å². The molecule has 3 rings (SSSR count). The molecule has 3 aromatic rings. The third kappa shape index (κ3) is 6.32. The fraction of sp³-hybridized carbons (Fsp3) is 0.136. The molecule has 0 radical (unpaired) electrons. The third-order valence-electron chi connectivity index (χ3n) is 4.38. The summed E-state index contributed by atoms with van der Waals surface area (Å²) < 4.78 is 67.5. The predicted molar refractivity (Wildman–Crippen MR) is 117 cm³/mol. The zero-order chi connectivity index (χ0) is 24.9. The molecule has 1 heterocycles. The van der Waals surface area contributed by atoms with Gasteiger partial charge in [-0.3, -0.25) is 4.79 Å². The Labute approximate surface area is 192 Å². The van der Waals surface area contributed by atoms with E-state index in [1.165, 1.54) is 54.7 Å². The van der Waals surface area contributed by atoms with Gasteiger partial charge in [-0.15, -0.1) is 0 Å². The topological polar surface area (TPSA) is 114 Å². The van der Waals surface area contributed by atoms with Crippen molar-refractivity contribution in [2.24, 2.45) is 0 Å². The normalized spacial score (nSPS) is 11.5. The lowest BCUT2D eigenvalue weighted by Gasteiger charge is -2.13. The maximum absolute atomic E-state index is 12.9. The van der Waals surface area contributed by atoms with E-state index in [9.17, 15) is 31.2 Å². The number of ether oxygens (including phenoxy) is 1. The van der Waals surface area contributed by atoms with Crippen molar-refractivity contribution < 1.29 is 35.9 Å². The first kappa shape index (κ1) is 24.7. The van der Waals surface area contributed by atoms with E-state index in [0.717, 1.165) is 18.4 Å². The molecule has 0 aliphatic heterocycles. The van der Waals surface area contributed by atoms with Gasteiger partial charge in [0.05, 0.1) is 16.1 Å². The summed E-state index contributed by atoms with van der Waals surface area (Å²) in [4.78, 5) is 28.6. The van der Waals surface area contributed by atoms with Gasteiger partial charge in [-0.1, -0.05) is 18.2 Å². The minimum absolute atomic E-state index is 0.0272. The number of para-hydroxylation sites is 1. The van der Waals surface area contributed by atoms with Crippen LogP contribution in [0.3, 0.4) is 0 Å². The molecule has 0 saturated heterocycles. The van der Waals surface area contributed by atoms with Gasteiger partial charge in [0.15, 0.2) is 16.4 Å². The molecule has 0 aliphatic carbocycles. The van der Waals surface area contributed by atoms with Crippen molar-refractivity contribution in [3.63, 3.8) is 0 Å². The Kier molecular flexibility index (Phi) is 7.20. The summed E-state index contributed by atoms with van der Waals surface area (Å²) in [5.74, 6) is -1.83. The van der Waals surface area contributed by atoms with Crippen LogP contribution in [-0.4, -0.2) is 38.1 Å². The Bertz CT molecular complexity index is 1330. The number of anilines is 3. The van der Waals surface area contributed by atoms with E-state index >= 15 is 0 Å². The molecule has 0 bridgehead atoms. The van der Waals surface area contributed by atoms with E-state index < -0.39 is 40.1 Å². The first-order valence-electron chi connectivity index (χ1n) is 9.60. The Morgan fingerprint density at radius 1 is 1.03 bits per heavy atom. The van der Waals surface area contributed by atoms with Crippen molar-refractivity contribution in [3.05, 3.63) is 78.0 Å². The number of nitrogens with one attached hydrogen (secondary N) is 2. The number of rotatable bonds is 7. The number of sulfone groups is 1. The SMILES string of the molecule is CS(=O)(=O)c1ccccc1NC(=O)COC(=O)c1cccnc1Nc1cccc(C(F)(F)F)c1. The number of carbonyl (C=O) groups excluding carboxylic acids is 2. The number of pyridine rings is 1. The van der Waals surface area contributed by atoms with Crippen LogP contribution < -0.4 is 10.6 Å². The van der Waals surface area contributed by atoms with Crippen molar-refractivity contribution >= 4 is 38.9 Å². The second kappa shape index (κ2) is 9.91. The fourth-order valence-electron chi connectivity index (χ4n) is 2.87. The highest BCUT2D eigenvalue weighted by atomic mass is 32.2. The van der Waals surface area contributed by atoms with E-state index in [0.29, 0.717) is 0 Å². The summed E-state index contributed by atoms with van der Waals surface area (Å²) in [5, 5.41) is 5.00. The second-order valence-electron chi connectivity index (χ2n) is 7.00. The van der Waals surface area contributed by atoms with Crippen LogP contribution >= 0.6 is 0 Å². The van der Waals surface area contributed by atoms with Crippen LogP contribution in [0.25, 0.3) is 0 Å². The smallest absolute Gasteiger partial charge is 0.416 e. The minimum Gasteiger partial charge on any atom is -0.452 e. The van der Waals surface area contributed by atoms with Gasteiger partial charge >= 0.3 is 12.1 Å². The maximum atomic E-state index is 12.9. The molecule has 1 aromatic heterocycles. The number of halogens is 3. The van der Waals surface area contributed by atoms with E-state index in [4.69, 9.17) is 4.74 Å². The summed E-state index contributed by atoms with van der Waals surface area (Å²) in [6, 6.07) is 12.8. The van der Waals surface area contributed by atoms with Gasteiger partial charge in [0.25, 0.3) is 5.91 Å². The zero-order valence-electron chi connectivity index (χ0n) is 17.6. The van der Waals surface area contributed by atoms with E-state index in [1.807, 2.05) is 0 Å². The number of carbonyl (C=O) groups is 2. The lowest BCUT2D eigenvalue weighted by atomic mass is 10.2. The van der Waals surface area contributed by atoms with Crippen LogP contribution in [0.2, 0.25) is 0 Å². The van der Waals surface area contributed by atoms with Crippen molar-refractivity contribution in [3.8, 4) is 0 Å². The number of hydrogen-bond acceptors (Lipinski definition) is 7. The van der Waals surface area contributed by atoms with Crippen LogP contribution in [-0.2, 0) is 25.5 Å². The Balaban J connectivity index is 1.70. The van der Waals surface area contributed by atoms with Crippen LogP contribution in [0.4, 0.5) is 30.4 Å². The van der Waals surface area contributed by atoms with Crippen molar-refractivity contribution in [2.75, 3.05) is 23.5 Å². The summed E-state index contributed by atoms with van der Waals surface area (Å²) >= 11 is 0. The van der Waals surface area contributed by atoms with E-state index in [1.54, 1.807) is 0 Å². The van der Waals surface area contributed by atoms with Gasteiger partial charge in [0, 0.05) is 18.1 Å². The van der Waals surface area contributed by atoms with E-state index in [2.05, 4.69) is 15.6 Å². The average molecular weight is 493 g/mol. The molecule has 12 heteroatoms. The third-order valence-corrected chi connectivity index (χ3v) is 5.53. The minimum atomic E-state index is -4.55.